The zero-order valence-electron chi connectivity index (χ0n) is 19.8. The molecule has 0 saturated heterocycles. The topological polar surface area (TPSA) is 38.9 Å². The van der Waals surface area contributed by atoms with Crippen molar-refractivity contribution in [2.24, 2.45) is 0 Å². The van der Waals surface area contributed by atoms with Crippen LogP contribution in [0.2, 0.25) is 0 Å². The van der Waals surface area contributed by atoms with E-state index in [1.165, 1.54) is 32.3 Å². The van der Waals surface area contributed by atoms with E-state index in [0.717, 1.165) is 33.2 Å². The molecule has 2 aromatic heterocycles. The fraction of sp³-hybridized carbons (Fsp3) is 0. The van der Waals surface area contributed by atoms with Crippen molar-refractivity contribution in [1.29, 1.82) is 0 Å². The minimum atomic E-state index is 0.605. The second-order valence-electron chi connectivity index (χ2n) is 9.39. The number of fused-ring (bicyclic) bond motifs is 9. The molecule has 0 unspecified atom stereocenters. The Labute approximate surface area is 212 Å². The highest BCUT2D eigenvalue weighted by atomic mass is 16.3. The van der Waals surface area contributed by atoms with Crippen molar-refractivity contribution in [3.63, 3.8) is 0 Å². The van der Waals surface area contributed by atoms with E-state index >= 15 is 0 Å². The third kappa shape index (κ3) is 3.01. The van der Waals surface area contributed by atoms with Gasteiger partial charge in [0.1, 0.15) is 5.58 Å². The summed E-state index contributed by atoms with van der Waals surface area (Å²) >= 11 is 0. The van der Waals surface area contributed by atoms with Crippen LogP contribution >= 0.6 is 0 Å². The normalized spacial score (nSPS) is 11.8. The first-order chi connectivity index (χ1) is 18.3. The van der Waals surface area contributed by atoms with Crippen molar-refractivity contribution in [2.75, 3.05) is 0 Å². The van der Waals surface area contributed by atoms with E-state index in [2.05, 4.69) is 84.9 Å². The fourth-order valence-electron chi connectivity index (χ4n) is 5.60. The van der Waals surface area contributed by atoms with Gasteiger partial charge in [0.15, 0.2) is 5.82 Å². The van der Waals surface area contributed by atoms with Crippen molar-refractivity contribution in [1.82, 2.24) is 9.97 Å². The van der Waals surface area contributed by atoms with Crippen LogP contribution in [0.25, 0.3) is 77.0 Å². The van der Waals surface area contributed by atoms with E-state index in [0.29, 0.717) is 11.5 Å². The van der Waals surface area contributed by atoms with Crippen LogP contribution in [-0.4, -0.2) is 9.97 Å². The number of benzene rings is 6. The average molecular weight is 473 g/mol. The molecule has 0 aliphatic heterocycles. The number of hydrogen-bond acceptors (Lipinski definition) is 3. The SMILES string of the molecule is c1ccc(-c2nc(-c3ccc4c5ccccc5c5ccccc5c4c3)nc3oc4ccccc4c23)cc1. The van der Waals surface area contributed by atoms with Crippen LogP contribution < -0.4 is 0 Å². The summed E-state index contributed by atoms with van der Waals surface area (Å²) in [6.07, 6.45) is 0. The molecule has 8 rings (SSSR count). The van der Waals surface area contributed by atoms with E-state index < -0.39 is 0 Å². The Morgan fingerprint density at radius 1 is 0.432 bits per heavy atom. The van der Waals surface area contributed by atoms with Gasteiger partial charge in [-0.25, -0.2) is 4.98 Å². The molecule has 0 aliphatic carbocycles. The number of nitrogens with zero attached hydrogens (tertiary/aromatic N) is 2. The Hall–Kier alpha value is -5.02. The highest BCUT2D eigenvalue weighted by molar-refractivity contribution is 6.25. The second kappa shape index (κ2) is 7.74. The zero-order chi connectivity index (χ0) is 24.3. The maximum Gasteiger partial charge on any atom is 0.231 e. The third-order valence-corrected chi connectivity index (χ3v) is 7.29. The number of para-hydroxylation sites is 1. The van der Waals surface area contributed by atoms with Gasteiger partial charge in [0.05, 0.1) is 11.1 Å². The molecule has 0 radical (unpaired) electrons. The zero-order valence-corrected chi connectivity index (χ0v) is 19.8. The van der Waals surface area contributed by atoms with E-state index in [-0.39, 0.29) is 0 Å². The maximum atomic E-state index is 6.24. The van der Waals surface area contributed by atoms with E-state index in [1.54, 1.807) is 0 Å². The van der Waals surface area contributed by atoms with Crippen molar-refractivity contribution < 1.29 is 4.42 Å². The molecule has 37 heavy (non-hydrogen) atoms. The molecule has 6 aromatic carbocycles. The number of rotatable bonds is 2. The predicted molar refractivity (Wildman–Crippen MR) is 153 cm³/mol. The van der Waals surface area contributed by atoms with Crippen molar-refractivity contribution in [2.45, 2.75) is 0 Å². The Kier molecular flexibility index (Phi) is 4.23. The van der Waals surface area contributed by atoms with E-state index in [9.17, 15) is 0 Å². The third-order valence-electron chi connectivity index (χ3n) is 7.29. The summed E-state index contributed by atoms with van der Waals surface area (Å²) in [5.74, 6) is 0.657. The van der Waals surface area contributed by atoms with Crippen LogP contribution in [-0.2, 0) is 0 Å². The predicted octanol–water partition coefficient (Wildman–Crippen LogP) is 9.17. The Balaban J connectivity index is 1.46. The lowest BCUT2D eigenvalue weighted by atomic mass is 9.93. The molecule has 0 spiro atoms. The monoisotopic (exact) mass is 472 g/mol. The summed E-state index contributed by atoms with van der Waals surface area (Å²) < 4.78 is 6.24. The molecule has 0 fully saturated rings. The van der Waals surface area contributed by atoms with Gasteiger partial charge in [-0.15, -0.1) is 0 Å². The summed E-state index contributed by atoms with van der Waals surface area (Å²) in [7, 11) is 0. The van der Waals surface area contributed by atoms with Crippen LogP contribution in [0.1, 0.15) is 0 Å². The molecule has 3 heteroatoms. The molecule has 0 atom stereocenters. The van der Waals surface area contributed by atoms with Crippen molar-refractivity contribution >= 4 is 54.4 Å². The highest BCUT2D eigenvalue weighted by Crippen LogP contribution is 2.39. The van der Waals surface area contributed by atoms with Gasteiger partial charge in [-0.05, 0) is 44.5 Å². The average Bonchev–Trinajstić information content (AvgIpc) is 3.36. The Bertz CT molecular complexity index is 2110. The molecule has 0 aliphatic rings. The van der Waals surface area contributed by atoms with Gasteiger partial charge in [0, 0.05) is 16.5 Å². The minimum absolute atomic E-state index is 0.605. The van der Waals surface area contributed by atoms with Crippen LogP contribution in [0.3, 0.4) is 0 Å². The standard InChI is InChI=1S/C34H20N2O/c1-2-10-21(11-3-1)32-31-28-16-8-9-17-30(28)37-34(31)36-33(35-32)22-18-19-27-25-14-5-4-12-23(25)24-13-6-7-15-26(24)29(27)20-22/h1-20H. The van der Waals surface area contributed by atoms with Gasteiger partial charge in [-0.1, -0.05) is 109 Å². The fourth-order valence-corrected chi connectivity index (χ4v) is 5.60. The first kappa shape index (κ1) is 20.2. The van der Waals surface area contributed by atoms with Gasteiger partial charge < -0.3 is 4.42 Å². The van der Waals surface area contributed by atoms with Gasteiger partial charge >= 0.3 is 0 Å². The summed E-state index contributed by atoms with van der Waals surface area (Å²) in [5.41, 5.74) is 4.31. The van der Waals surface area contributed by atoms with Gasteiger partial charge in [-0.3, -0.25) is 0 Å². The molecule has 172 valence electrons. The van der Waals surface area contributed by atoms with Crippen molar-refractivity contribution in [3.8, 4) is 22.6 Å². The van der Waals surface area contributed by atoms with E-state index in [1.807, 2.05) is 36.4 Å². The quantitative estimate of drug-likeness (QED) is 0.235. The second-order valence-corrected chi connectivity index (χ2v) is 9.39. The maximum absolute atomic E-state index is 6.24. The molecule has 2 heterocycles. The first-order valence-corrected chi connectivity index (χ1v) is 12.4. The summed E-state index contributed by atoms with van der Waals surface area (Å²) in [5, 5.41) is 9.40. The smallest absolute Gasteiger partial charge is 0.231 e. The summed E-state index contributed by atoms with van der Waals surface area (Å²) in [6, 6.07) is 42.1. The molecule has 3 nitrogen and oxygen atoms in total. The van der Waals surface area contributed by atoms with Crippen LogP contribution in [0.15, 0.2) is 126 Å². The highest BCUT2D eigenvalue weighted by Gasteiger charge is 2.18. The largest absolute Gasteiger partial charge is 0.438 e. The van der Waals surface area contributed by atoms with Gasteiger partial charge in [0.2, 0.25) is 5.71 Å². The molecule has 0 saturated carbocycles. The summed E-state index contributed by atoms with van der Waals surface area (Å²) in [4.78, 5) is 10.1. The van der Waals surface area contributed by atoms with E-state index in [4.69, 9.17) is 14.4 Å². The lowest BCUT2D eigenvalue weighted by Gasteiger charge is -2.12. The Morgan fingerprint density at radius 3 is 1.70 bits per heavy atom. The molecular weight excluding hydrogens is 452 g/mol. The van der Waals surface area contributed by atoms with Gasteiger partial charge in [0.25, 0.3) is 0 Å². The van der Waals surface area contributed by atoms with Crippen LogP contribution in [0, 0.1) is 0 Å². The lowest BCUT2D eigenvalue weighted by molar-refractivity contribution is 0.653. The van der Waals surface area contributed by atoms with Crippen LogP contribution in [0.4, 0.5) is 0 Å². The first-order valence-electron chi connectivity index (χ1n) is 12.4. The Morgan fingerprint density at radius 2 is 1.00 bits per heavy atom. The molecule has 8 aromatic rings. The number of aromatic nitrogens is 2. The minimum Gasteiger partial charge on any atom is -0.438 e. The molecular formula is C34H20N2O. The van der Waals surface area contributed by atoms with Gasteiger partial charge in [-0.2, -0.15) is 4.98 Å². The number of hydrogen-bond donors (Lipinski definition) is 0. The molecule has 0 bridgehead atoms. The van der Waals surface area contributed by atoms with Crippen LogP contribution in [0.5, 0.6) is 0 Å². The molecule has 0 amide bonds. The lowest BCUT2D eigenvalue weighted by Crippen LogP contribution is -1.94. The molecule has 0 N–H and O–H groups in total. The number of furan rings is 1. The summed E-state index contributed by atoms with van der Waals surface area (Å²) in [6.45, 7) is 0. The van der Waals surface area contributed by atoms with Crippen molar-refractivity contribution in [3.05, 3.63) is 121 Å².